The minimum atomic E-state index is -0.350. The lowest BCUT2D eigenvalue weighted by Gasteiger charge is -2.16. The summed E-state index contributed by atoms with van der Waals surface area (Å²) in [6.45, 7) is 2.56. The Morgan fingerprint density at radius 1 is 1.20 bits per heavy atom. The summed E-state index contributed by atoms with van der Waals surface area (Å²) in [6.07, 6.45) is 6.97. The Morgan fingerprint density at radius 3 is 2.60 bits per heavy atom. The lowest BCUT2D eigenvalue weighted by atomic mass is 10.3. The van der Waals surface area contributed by atoms with E-state index in [1.807, 2.05) is 37.6 Å². The molecule has 0 saturated carbocycles. The Hall–Kier alpha value is -1.68. The minimum absolute atomic E-state index is 0.350. The normalized spacial score (nSPS) is 12.6. The molecule has 2 heterocycles. The van der Waals surface area contributed by atoms with Crippen LogP contribution in [0, 0.1) is 0 Å². The van der Waals surface area contributed by atoms with Gasteiger partial charge in [0, 0.05) is 37.0 Å². The highest BCUT2D eigenvalue weighted by Gasteiger charge is 2.13. The zero-order chi connectivity index (χ0) is 10.5. The largest absolute Gasteiger partial charge is 0.459 e. The second-order valence-corrected chi connectivity index (χ2v) is 3.10. The van der Waals surface area contributed by atoms with E-state index >= 15 is 0 Å². The smallest absolute Gasteiger partial charge is 0.228 e. The maximum absolute atomic E-state index is 5.67. The van der Waals surface area contributed by atoms with Crippen LogP contribution < -0.4 is 4.74 Å². The molecule has 2 rings (SSSR count). The van der Waals surface area contributed by atoms with E-state index < -0.39 is 0 Å². The molecule has 0 fully saturated rings. The van der Waals surface area contributed by atoms with Gasteiger partial charge in [-0.1, -0.05) is 0 Å². The molecule has 80 valence electrons. The molecule has 1 unspecified atom stereocenters. The van der Waals surface area contributed by atoms with Crippen LogP contribution in [0.25, 0.3) is 0 Å². The van der Waals surface area contributed by atoms with Gasteiger partial charge >= 0.3 is 0 Å². The summed E-state index contributed by atoms with van der Waals surface area (Å²) in [7, 11) is 0. The Balaban J connectivity index is 2.07. The first kappa shape index (κ1) is 9.86. The molecule has 0 aliphatic rings. The Morgan fingerprint density at radius 2 is 2.00 bits per heavy atom. The van der Waals surface area contributed by atoms with Gasteiger partial charge in [0.25, 0.3) is 0 Å². The number of nitrogens with one attached hydrogen (secondary N) is 2. The quantitative estimate of drug-likeness (QED) is 0.738. The molecule has 0 amide bonds. The summed E-state index contributed by atoms with van der Waals surface area (Å²) in [5.41, 5.74) is 0.984. The molecule has 1 atom stereocenters. The van der Waals surface area contributed by atoms with Crippen LogP contribution in [-0.2, 0) is 4.74 Å². The molecular formula is C11H14N2O2. The monoisotopic (exact) mass is 206 g/mol. The summed E-state index contributed by atoms with van der Waals surface area (Å²) >= 11 is 0. The number of hydrogen-bond donors (Lipinski definition) is 2. The summed E-state index contributed by atoms with van der Waals surface area (Å²) < 4.78 is 11.2. The number of ether oxygens (including phenoxy) is 2. The van der Waals surface area contributed by atoms with Crippen LogP contribution in [0.1, 0.15) is 18.8 Å². The molecule has 0 aliphatic heterocycles. The molecule has 0 radical (unpaired) electrons. The van der Waals surface area contributed by atoms with E-state index in [0.29, 0.717) is 6.61 Å². The summed E-state index contributed by atoms with van der Waals surface area (Å²) in [6, 6.07) is 3.80. The van der Waals surface area contributed by atoms with Crippen LogP contribution in [0.3, 0.4) is 0 Å². The predicted octanol–water partition coefficient (Wildman–Crippen LogP) is 2.46. The highest BCUT2D eigenvalue weighted by Crippen LogP contribution is 2.22. The summed E-state index contributed by atoms with van der Waals surface area (Å²) in [5, 5.41) is 0. The van der Waals surface area contributed by atoms with Gasteiger partial charge in [-0.25, -0.2) is 0 Å². The fourth-order valence-electron chi connectivity index (χ4n) is 1.34. The van der Waals surface area contributed by atoms with E-state index in [9.17, 15) is 0 Å². The van der Waals surface area contributed by atoms with Crippen LogP contribution in [0.4, 0.5) is 0 Å². The van der Waals surface area contributed by atoms with E-state index in [1.165, 1.54) is 0 Å². The fraction of sp³-hybridized carbons (Fsp3) is 0.273. The van der Waals surface area contributed by atoms with Crippen molar-refractivity contribution in [1.29, 1.82) is 0 Å². The Bertz CT molecular complexity index is 367. The predicted molar refractivity (Wildman–Crippen MR) is 56.6 cm³/mol. The van der Waals surface area contributed by atoms with Gasteiger partial charge in [-0.15, -0.1) is 0 Å². The number of rotatable bonds is 5. The molecule has 0 spiro atoms. The number of H-pyrrole nitrogens is 2. The third kappa shape index (κ3) is 2.41. The molecule has 4 heteroatoms. The van der Waals surface area contributed by atoms with Crippen molar-refractivity contribution in [3.63, 3.8) is 0 Å². The van der Waals surface area contributed by atoms with Gasteiger partial charge in [-0.3, -0.25) is 0 Å². The van der Waals surface area contributed by atoms with Crippen LogP contribution in [0.15, 0.2) is 36.9 Å². The number of aromatic nitrogens is 2. The number of hydrogen-bond acceptors (Lipinski definition) is 2. The van der Waals surface area contributed by atoms with Crippen molar-refractivity contribution in [1.82, 2.24) is 9.97 Å². The van der Waals surface area contributed by atoms with Crippen molar-refractivity contribution >= 4 is 0 Å². The van der Waals surface area contributed by atoms with Gasteiger partial charge in [0.05, 0.1) is 0 Å². The molecule has 2 N–H and O–H groups in total. The SMILES string of the molecule is CCOC(Oc1cc[nH]c1)c1cc[nH]c1. The first-order valence-electron chi connectivity index (χ1n) is 4.94. The van der Waals surface area contributed by atoms with Crippen molar-refractivity contribution in [3.8, 4) is 5.75 Å². The molecule has 0 aromatic carbocycles. The van der Waals surface area contributed by atoms with Gasteiger partial charge in [-0.2, -0.15) is 0 Å². The second kappa shape index (κ2) is 4.70. The standard InChI is InChI=1S/C11H14N2O2/c1-2-14-11(9-3-5-12-7-9)15-10-4-6-13-8-10/h3-8,11-13H,2H2,1H3. The molecule has 4 nitrogen and oxygen atoms in total. The maximum atomic E-state index is 5.67. The lowest BCUT2D eigenvalue weighted by molar-refractivity contribution is -0.0784. The van der Waals surface area contributed by atoms with Crippen molar-refractivity contribution in [2.24, 2.45) is 0 Å². The molecule has 2 aromatic rings. The molecule has 0 saturated heterocycles. The summed E-state index contributed by atoms with van der Waals surface area (Å²) in [4.78, 5) is 5.91. The highest BCUT2D eigenvalue weighted by molar-refractivity contribution is 5.18. The van der Waals surface area contributed by atoms with E-state index in [1.54, 1.807) is 6.20 Å². The third-order valence-electron chi connectivity index (χ3n) is 2.02. The number of aromatic amines is 2. The topological polar surface area (TPSA) is 50.0 Å². The minimum Gasteiger partial charge on any atom is -0.459 e. The van der Waals surface area contributed by atoms with Crippen LogP contribution >= 0.6 is 0 Å². The molecule has 0 bridgehead atoms. The van der Waals surface area contributed by atoms with Gasteiger partial charge in [-0.05, 0) is 19.1 Å². The average Bonchev–Trinajstić information content (AvgIpc) is 2.89. The van der Waals surface area contributed by atoms with E-state index in [-0.39, 0.29) is 6.29 Å². The second-order valence-electron chi connectivity index (χ2n) is 3.10. The molecular weight excluding hydrogens is 192 g/mol. The van der Waals surface area contributed by atoms with Gasteiger partial charge in [0.15, 0.2) is 0 Å². The van der Waals surface area contributed by atoms with Crippen molar-refractivity contribution in [2.75, 3.05) is 6.61 Å². The first-order valence-corrected chi connectivity index (χ1v) is 4.94. The van der Waals surface area contributed by atoms with Crippen molar-refractivity contribution < 1.29 is 9.47 Å². The van der Waals surface area contributed by atoms with Gasteiger partial charge in [0.1, 0.15) is 5.75 Å². The zero-order valence-corrected chi connectivity index (χ0v) is 8.57. The van der Waals surface area contributed by atoms with Crippen LogP contribution in [-0.4, -0.2) is 16.6 Å². The van der Waals surface area contributed by atoms with Gasteiger partial charge < -0.3 is 19.4 Å². The van der Waals surface area contributed by atoms with E-state index in [0.717, 1.165) is 11.3 Å². The maximum Gasteiger partial charge on any atom is 0.228 e. The average molecular weight is 206 g/mol. The lowest BCUT2D eigenvalue weighted by Crippen LogP contribution is -2.10. The van der Waals surface area contributed by atoms with Gasteiger partial charge in [0.2, 0.25) is 6.29 Å². The van der Waals surface area contributed by atoms with E-state index in [4.69, 9.17) is 9.47 Å². The zero-order valence-electron chi connectivity index (χ0n) is 8.57. The first-order chi connectivity index (χ1) is 7.40. The van der Waals surface area contributed by atoms with Crippen LogP contribution in [0.2, 0.25) is 0 Å². The Labute approximate surface area is 88.2 Å². The Kier molecular flexibility index (Phi) is 3.09. The van der Waals surface area contributed by atoms with E-state index in [2.05, 4.69) is 9.97 Å². The molecule has 2 aromatic heterocycles. The third-order valence-corrected chi connectivity index (χ3v) is 2.02. The van der Waals surface area contributed by atoms with Crippen molar-refractivity contribution in [2.45, 2.75) is 13.2 Å². The highest BCUT2D eigenvalue weighted by atomic mass is 16.7. The molecule has 0 aliphatic carbocycles. The van der Waals surface area contributed by atoms with Crippen LogP contribution in [0.5, 0.6) is 5.75 Å². The molecule has 15 heavy (non-hydrogen) atoms. The van der Waals surface area contributed by atoms with Crippen molar-refractivity contribution in [3.05, 3.63) is 42.5 Å². The fourth-order valence-corrected chi connectivity index (χ4v) is 1.34. The summed E-state index contributed by atoms with van der Waals surface area (Å²) in [5.74, 6) is 0.773.